The minimum Gasteiger partial charge on any atom is -0.392 e. The zero-order valence-electron chi connectivity index (χ0n) is 8.95. The van der Waals surface area contributed by atoms with Crippen LogP contribution in [0.1, 0.15) is 24.0 Å². The molecule has 0 aliphatic carbocycles. The van der Waals surface area contributed by atoms with E-state index in [9.17, 15) is 10.2 Å². The number of rotatable bonds is 2. The molecule has 0 unspecified atom stereocenters. The predicted molar refractivity (Wildman–Crippen MR) is 64.0 cm³/mol. The first kappa shape index (κ1) is 12.0. The molecule has 2 rings (SSSR count). The zero-order chi connectivity index (χ0) is 11.6. The normalized spacial score (nSPS) is 19.7. The van der Waals surface area contributed by atoms with Crippen molar-refractivity contribution in [2.45, 2.75) is 25.0 Å². The summed E-state index contributed by atoms with van der Waals surface area (Å²) in [4.78, 5) is 0. The lowest BCUT2D eigenvalue weighted by Gasteiger charge is -2.33. The molecule has 1 aromatic rings. The highest BCUT2D eigenvalue weighted by molar-refractivity contribution is 9.10. The maximum atomic E-state index is 10.5. The molecule has 1 aromatic carbocycles. The van der Waals surface area contributed by atoms with Gasteiger partial charge in [0.2, 0.25) is 0 Å². The SMILES string of the molecule is OCc1cc(Br)ccc1C1(O)CCOCC1. The highest BCUT2D eigenvalue weighted by Gasteiger charge is 2.33. The quantitative estimate of drug-likeness (QED) is 0.874. The minimum absolute atomic E-state index is 0.0576. The van der Waals surface area contributed by atoms with Gasteiger partial charge in [-0.2, -0.15) is 0 Å². The van der Waals surface area contributed by atoms with Gasteiger partial charge in [0.25, 0.3) is 0 Å². The Kier molecular flexibility index (Phi) is 3.64. The fourth-order valence-electron chi connectivity index (χ4n) is 2.13. The summed E-state index contributed by atoms with van der Waals surface area (Å²) < 4.78 is 6.16. The fraction of sp³-hybridized carbons (Fsp3) is 0.500. The van der Waals surface area contributed by atoms with Crippen LogP contribution in [0.25, 0.3) is 0 Å². The van der Waals surface area contributed by atoms with E-state index in [-0.39, 0.29) is 6.61 Å². The van der Waals surface area contributed by atoms with Gasteiger partial charge in [0.15, 0.2) is 0 Å². The van der Waals surface area contributed by atoms with Gasteiger partial charge in [0.1, 0.15) is 0 Å². The largest absolute Gasteiger partial charge is 0.392 e. The van der Waals surface area contributed by atoms with Crippen LogP contribution in [0.2, 0.25) is 0 Å². The number of hydrogen-bond acceptors (Lipinski definition) is 3. The Balaban J connectivity index is 2.37. The maximum absolute atomic E-state index is 10.5. The third kappa shape index (κ3) is 2.30. The van der Waals surface area contributed by atoms with Gasteiger partial charge >= 0.3 is 0 Å². The molecule has 0 amide bonds. The van der Waals surface area contributed by atoms with Crippen LogP contribution < -0.4 is 0 Å². The Morgan fingerprint density at radius 1 is 1.31 bits per heavy atom. The first-order valence-corrected chi connectivity index (χ1v) is 6.15. The lowest BCUT2D eigenvalue weighted by molar-refractivity contribution is -0.0688. The van der Waals surface area contributed by atoms with Crippen molar-refractivity contribution in [1.82, 2.24) is 0 Å². The molecule has 1 aliphatic rings. The molecule has 0 radical (unpaired) electrons. The van der Waals surface area contributed by atoms with Gasteiger partial charge in [-0.3, -0.25) is 0 Å². The molecular weight excluding hydrogens is 272 g/mol. The second kappa shape index (κ2) is 4.84. The minimum atomic E-state index is -0.850. The van der Waals surface area contributed by atoms with Gasteiger partial charge in [-0.15, -0.1) is 0 Å². The molecule has 0 saturated carbocycles. The molecule has 4 heteroatoms. The van der Waals surface area contributed by atoms with Crippen LogP contribution in [0.15, 0.2) is 22.7 Å². The molecule has 1 heterocycles. The average Bonchev–Trinajstić information content (AvgIpc) is 2.29. The Bertz CT molecular complexity index is 373. The molecule has 0 aromatic heterocycles. The van der Waals surface area contributed by atoms with Crippen molar-refractivity contribution in [2.75, 3.05) is 13.2 Å². The molecule has 1 saturated heterocycles. The van der Waals surface area contributed by atoms with E-state index in [1.807, 2.05) is 18.2 Å². The number of halogens is 1. The number of ether oxygens (including phenoxy) is 1. The molecular formula is C12H15BrO3. The number of aliphatic hydroxyl groups excluding tert-OH is 1. The smallest absolute Gasteiger partial charge is 0.0943 e. The Hall–Kier alpha value is -0.420. The maximum Gasteiger partial charge on any atom is 0.0943 e. The molecule has 0 spiro atoms. The highest BCUT2D eigenvalue weighted by Crippen LogP contribution is 2.35. The Labute approximate surface area is 103 Å². The summed E-state index contributed by atoms with van der Waals surface area (Å²) in [6.45, 7) is 1.08. The third-order valence-corrected chi connectivity index (χ3v) is 3.55. The van der Waals surface area contributed by atoms with E-state index in [0.29, 0.717) is 26.1 Å². The van der Waals surface area contributed by atoms with Gasteiger partial charge in [0, 0.05) is 30.5 Å². The Morgan fingerprint density at radius 3 is 2.62 bits per heavy atom. The van der Waals surface area contributed by atoms with Gasteiger partial charge in [-0.25, -0.2) is 0 Å². The van der Waals surface area contributed by atoms with Crippen LogP contribution in [-0.4, -0.2) is 23.4 Å². The summed E-state index contributed by atoms with van der Waals surface area (Å²) in [7, 11) is 0. The molecule has 0 bridgehead atoms. The summed E-state index contributed by atoms with van der Waals surface area (Å²) in [6.07, 6.45) is 1.17. The van der Waals surface area contributed by atoms with E-state index in [2.05, 4.69) is 15.9 Å². The van der Waals surface area contributed by atoms with Crippen LogP contribution in [-0.2, 0) is 16.9 Å². The van der Waals surface area contributed by atoms with Crippen LogP contribution >= 0.6 is 15.9 Å². The number of benzene rings is 1. The number of hydrogen-bond donors (Lipinski definition) is 2. The summed E-state index contributed by atoms with van der Waals surface area (Å²) in [5.41, 5.74) is 0.747. The van der Waals surface area contributed by atoms with Crippen molar-refractivity contribution in [3.63, 3.8) is 0 Å². The van der Waals surface area contributed by atoms with Crippen molar-refractivity contribution < 1.29 is 14.9 Å². The van der Waals surface area contributed by atoms with E-state index in [1.165, 1.54) is 0 Å². The molecule has 1 aliphatic heterocycles. The van der Waals surface area contributed by atoms with Gasteiger partial charge in [-0.1, -0.05) is 22.0 Å². The standard InChI is InChI=1S/C12H15BrO3/c13-10-1-2-11(9(7-10)8-14)12(15)3-5-16-6-4-12/h1-2,7,14-15H,3-6,8H2. The molecule has 3 nitrogen and oxygen atoms in total. The molecule has 88 valence electrons. The lowest BCUT2D eigenvalue weighted by atomic mass is 9.84. The highest BCUT2D eigenvalue weighted by atomic mass is 79.9. The molecule has 2 N–H and O–H groups in total. The summed E-state index contributed by atoms with van der Waals surface area (Å²) in [6, 6.07) is 5.62. The van der Waals surface area contributed by atoms with Gasteiger partial charge < -0.3 is 14.9 Å². The van der Waals surface area contributed by atoms with Crippen molar-refractivity contribution in [3.8, 4) is 0 Å². The molecule has 1 fully saturated rings. The van der Waals surface area contributed by atoms with Crippen molar-refractivity contribution >= 4 is 15.9 Å². The van der Waals surface area contributed by atoms with E-state index < -0.39 is 5.60 Å². The van der Waals surface area contributed by atoms with Gasteiger partial charge in [0.05, 0.1) is 12.2 Å². The third-order valence-electron chi connectivity index (χ3n) is 3.06. The summed E-state index contributed by atoms with van der Waals surface area (Å²) >= 11 is 3.36. The van der Waals surface area contributed by atoms with Crippen LogP contribution in [0.5, 0.6) is 0 Å². The lowest BCUT2D eigenvalue weighted by Crippen LogP contribution is -2.34. The van der Waals surface area contributed by atoms with E-state index in [1.54, 1.807) is 0 Å². The predicted octanol–water partition coefficient (Wildman–Crippen LogP) is 1.94. The second-order valence-corrected chi connectivity index (χ2v) is 5.02. The van der Waals surface area contributed by atoms with E-state index >= 15 is 0 Å². The first-order chi connectivity index (χ1) is 7.65. The first-order valence-electron chi connectivity index (χ1n) is 5.35. The monoisotopic (exact) mass is 286 g/mol. The number of aliphatic hydroxyl groups is 2. The van der Waals surface area contributed by atoms with Crippen molar-refractivity contribution in [1.29, 1.82) is 0 Å². The molecule has 0 atom stereocenters. The van der Waals surface area contributed by atoms with E-state index in [4.69, 9.17) is 4.74 Å². The van der Waals surface area contributed by atoms with Crippen LogP contribution in [0.4, 0.5) is 0 Å². The van der Waals surface area contributed by atoms with Crippen molar-refractivity contribution in [2.24, 2.45) is 0 Å². The Morgan fingerprint density at radius 2 is 2.00 bits per heavy atom. The summed E-state index contributed by atoms with van der Waals surface area (Å²) in [5.74, 6) is 0. The van der Waals surface area contributed by atoms with Gasteiger partial charge in [-0.05, 0) is 23.3 Å². The molecule has 16 heavy (non-hydrogen) atoms. The van der Waals surface area contributed by atoms with Crippen LogP contribution in [0.3, 0.4) is 0 Å². The zero-order valence-corrected chi connectivity index (χ0v) is 10.5. The van der Waals surface area contributed by atoms with E-state index in [0.717, 1.165) is 15.6 Å². The fourth-order valence-corrected chi connectivity index (χ4v) is 2.53. The van der Waals surface area contributed by atoms with Crippen molar-refractivity contribution in [3.05, 3.63) is 33.8 Å². The topological polar surface area (TPSA) is 49.7 Å². The average molecular weight is 287 g/mol. The summed E-state index contributed by atoms with van der Waals surface area (Å²) in [5, 5.41) is 19.9. The van der Waals surface area contributed by atoms with Crippen LogP contribution in [0, 0.1) is 0 Å². The second-order valence-electron chi connectivity index (χ2n) is 4.10.